The number of halogens is 1. The van der Waals surface area contributed by atoms with E-state index in [0.29, 0.717) is 5.02 Å². The van der Waals surface area contributed by atoms with Crippen LogP contribution in [0, 0.1) is 0 Å². The van der Waals surface area contributed by atoms with E-state index in [2.05, 4.69) is 5.32 Å². The fourth-order valence-corrected chi connectivity index (χ4v) is 3.33. The van der Waals surface area contributed by atoms with Crippen molar-refractivity contribution in [3.8, 4) is 0 Å². The Morgan fingerprint density at radius 1 is 1.39 bits per heavy atom. The van der Waals surface area contributed by atoms with E-state index < -0.39 is 0 Å². The number of ether oxygens (including phenoxy) is 1. The van der Waals surface area contributed by atoms with Crippen molar-refractivity contribution in [2.45, 2.75) is 37.3 Å². The van der Waals surface area contributed by atoms with Gasteiger partial charge in [0.25, 0.3) is 0 Å². The Labute approximate surface area is 111 Å². The van der Waals surface area contributed by atoms with Crippen LogP contribution in [0.4, 0.5) is 0 Å². The number of morpholine rings is 1. The monoisotopic (exact) mass is 265 g/mol. The highest BCUT2D eigenvalue weighted by Crippen LogP contribution is 2.41. The molecule has 3 nitrogen and oxygen atoms in total. The van der Waals surface area contributed by atoms with Crippen LogP contribution in [0.15, 0.2) is 24.3 Å². The van der Waals surface area contributed by atoms with Gasteiger partial charge < -0.3 is 10.1 Å². The largest absolute Gasteiger partial charge is 0.366 e. The number of hydrogen-bond donors (Lipinski definition) is 1. The third-order valence-corrected chi connectivity index (χ3v) is 4.19. The fraction of sp³-hybridized carbons (Fsp3) is 0.500. The summed E-state index contributed by atoms with van der Waals surface area (Å²) in [5, 5.41) is 3.85. The normalized spacial score (nSPS) is 31.6. The summed E-state index contributed by atoms with van der Waals surface area (Å²) in [7, 11) is 0. The molecule has 1 amide bonds. The van der Waals surface area contributed by atoms with Gasteiger partial charge in [0, 0.05) is 5.02 Å². The third-order valence-electron chi connectivity index (χ3n) is 3.95. The van der Waals surface area contributed by atoms with Gasteiger partial charge >= 0.3 is 0 Å². The number of amides is 1. The Morgan fingerprint density at radius 3 is 3.11 bits per heavy atom. The number of nitrogens with one attached hydrogen (secondary N) is 1. The van der Waals surface area contributed by atoms with E-state index in [9.17, 15) is 4.79 Å². The molecular formula is C14H16ClNO2. The molecule has 4 heteroatoms. The average molecular weight is 266 g/mol. The van der Waals surface area contributed by atoms with Crippen molar-refractivity contribution in [3.63, 3.8) is 0 Å². The smallest absolute Gasteiger partial charge is 0.246 e. The highest BCUT2D eigenvalue weighted by molar-refractivity contribution is 6.30. The van der Waals surface area contributed by atoms with E-state index in [4.69, 9.17) is 16.3 Å². The van der Waals surface area contributed by atoms with Gasteiger partial charge in [-0.1, -0.05) is 36.6 Å². The van der Waals surface area contributed by atoms with E-state index in [1.807, 2.05) is 24.3 Å². The van der Waals surface area contributed by atoms with Crippen LogP contribution in [-0.4, -0.2) is 18.6 Å². The average Bonchev–Trinajstić information content (AvgIpc) is 2.38. The molecule has 18 heavy (non-hydrogen) atoms. The summed E-state index contributed by atoms with van der Waals surface area (Å²) in [6.45, 7) is 0.174. The summed E-state index contributed by atoms with van der Waals surface area (Å²) in [4.78, 5) is 11.7. The molecule has 2 atom stereocenters. The van der Waals surface area contributed by atoms with E-state index in [1.54, 1.807) is 0 Å². The number of carbonyl (C=O) groups is 1. The van der Waals surface area contributed by atoms with Crippen molar-refractivity contribution in [3.05, 3.63) is 34.9 Å². The minimum absolute atomic E-state index is 0.0341. The van der Waals surface area contributed by atoms with Crippen molar-refractivity contribution in [1.82, 2.24) is 5.32 Å². The lowest BCUT2D eigenvalue weighted by atomic mass is 9.73. The van der Waals surface area contributed by atoms with Crippen molar-refractivity contribution in [2.75, 3.05) is 6.61 Å². The third kappa shape index (κ3) is 1.91. The van der Waals surface area contributed by atoms with Crippen LogP contribution in [-0.2, 0) is 15.1 Å². The molecule has 1 aromatic rings. The number of fused-ring (bicyclic) bond motifs is 1. The molecule has 96 valence electrons. The van der Waals surface area contributed by atoms with Crippen LogP contribution in [0.3, 0.4) is 0 Å². The number of hydrogen-bond acceptors (Lipinski definition) is 2. The van der Waals surface area contributed by atoms with Gasteiger partial charge in [-0.3, -0.25) is 4.79 Å². The Balaban J connectivity index is 2.04. The van der Waals surface area contributed by atoms with Gasteiger partial charge in [-0.05, 0) is 30.5 Å². The molecule has 1 aliphatic carbocycles. The predicted octanol–water partition coefficient (Wildman–Crippen LogP) is 2.62. The van der Waals surface area contributed by atoms with E-state index in [0.717, 1.165) is 31.2 Å². The first-order valence-electron chi connectivity index (χ1n) is 6.39. The summed E-state index contributed by atoms with van der Waals surface area (Å²) < 4.78 is 5.74. The van der Waals surface area contributed by atoms with Gasteiger partial charge in [0.1, 0.15) is 6.61 Å². The quantitative estimate of drug-likeness (QED) is 0.848. The molecule has 0 aromatic heterocycles. The molecule has 1 N–H and O–H groups in total. The molecule has 1 heterocycles. The molecule has 3 rings (SSSR count). The zero-order valence-corrected chi connectivity index (χ0v) is 10.9. The Bertz CT molecular complexity index is 477. The molecule has 1 saturated heterocycles. The maximum Gasteiger partial charge on any atom is 0.246 e. The maximum absolute atomic E-state index is 11.7. The molecule has 0 radical (unpaired) electrons. The van der Waals surface area contributed by atoms with Crippen LogP contribution in [0.25, 0.3) is 0 Å². The van der Waals surface area contributed by atoms with Gasteiger partial charge in [-0.25, -0.2) is 0 Å². The highest BCUT2D eigenvalue weighted by Gasteiger charge is 2.47. The van der Waals surface area contributed by atoms with Gasteiger partial charge in [-0.15, -0.1) is 0 Å². The topological polar surface area (TPSA) is 38.3 Å². The van der Waals surface area contributed by atoms with Crippen LogP contribution in [0.5, 0.6) is 0 Å². The predicted molar refractivity (Wildman–Crippen MR) is 69.5 cm³/mol. The summed E-state index contributed by atoms with van der Waals surface area (Å²) in [5.41, 5.74) is 0.686. The molecule has 2 aliphatic rings. The molecular weight excluding hydrogens is 250 g/mol. The molecule has 0 bridgehead atoms. The molecule has 1 aliphatic heterocycles. The lowest BCUT2D eigenvalue weighted by Gasteiger charge is -2.47. The van der Waals surface area contributed by atoms with Gasteiger partial charge in [0.05, 0.1) is 11.6 Å². The first-order chi connectivity index (χ1) is 8.71. The zero-order valence-electron chi connectivity index (χ0n) is 10.1. The minimum atomic E-state index is -0.377. The Morgan fingerprint density at radius 2 is 2.28 bits per heavy atom. The van der Waals surface area contributed by atoms with Crippen molar-refractivity contribution in [1.29, 1.82) is 0 Å². The number of rotatable bonds is 1. The molecule has 1 saturated carbocycles. The number of carbonyl (C=O) groups excluding carboxylic acids is 1. The minimum Gasteiger partial charge on any atom is -0.366 e. The first kappa shape index (κ1) is 12.0. The number of benzene rings is 1. The first-order valence-corrected chi connectivity index (χ1v) is 6.77. The second-order valence-corrected chi connectivity index (χ2v) is 5.51. The second kappa shape index (κ2) is 4.56. The van der Waals surface area contributed by atoms with Crippen LogP contribution < -0.4 is 5.32 Å². The van der Waals surface area contributed by atoms with E-state index >= 15 is 0 Å². The summed E-state index contributed by atoms with van der Waals surface area (Å²) in [6, 6.07) is 7.75. The molecule has 2 fully saturated rings. The van der Waals surface area contributed by atoms with Crippen LogP contribution >= 0.6 is 11.6 Å². The van der Waals surface area contributed by atoms with Crippen molar-refractivity contribution in [2.24, 2.45) is 0 Å². The zero-order chi connectivity index (χ0) is 12.6. The lowest BCUT2D eigenvalue weighted by molar-refractivity contribution is -0.148. The Kier molecular flexibility index (Phi) is 3.04. The van der Waals surface area contributed by atoms with Gasteiger partial charge in [-0.2, -0.15) is 0 Å². The molecule has 0 unspecified atom stereocenters. The lowest BCUT2D eigenvalue weighted by Crippen LogP contribution is -2.61. The summed E-state index contributed by atoms with van der Waals surface area (Å²) >= 11 is 6.07. The fourth-order valence-electron chi connectivity index (χ4n) is 3.14. The van der Waals surface area contributed by atoms with Gasteiger partial charge in [0.2, 0.25) is 5.91 Å². The highest BCUT2D eigenvalue weighted by atomic mass is 35.5. The van der Waals surface area contributed by atoms with Crippen molar-refractivity contribution >= 4 is 17.5 Å². The maximum atomic E-state index is 11.7. The second-order valence-electron chi connectivity index (χ2n) is 5.08. The van der Waals surface area contributed by atoms with Gasteiger partial charge in [0.15, 0.2) is 0 Å². The van der Waals surface area contributed by atoms with Crippen molar-refractivity contribution < 1.29 is 9.53 Å². The standard InChI is InChI=1S/C14H16ClNO2/c15-11-5-3-4-10(8-11)14-7-2-1-6-12(14)18-9-13(17)16-14/h3-5,8,12H,1-2,6-7,9H2,(H,16,17)/t12-,14-/m0/s1. The van der Waals surface area contributed by atoms with Crippen LogP contribution in [0.2, 0.25) is 5.02 Å². The summed E-state index contributed by atoms with van der Waals surface area (Å²) in [6.07, 6.45) is 4.24. The summed E-state index contributed by atoms with van der Waals surface area (Å²) in [5.74, 6) is -0.0341. The SMILES string of the molecule is O=C1CO[C@H]2CCCC[C@@]2(c2cccc(Cl)c2)N1. The molecule has 1 aromatic carbocycles. The van der Waals surface area contributed by atoms with E-state index in [-0.39, 0.29) is 24.2 Å². The Hall–Kier alpha value is -1.06. The molecule has 0 spiro atoms. The van der Waals surface area contributed by atoms with E-state index in [1.165, 1.54) is 0 Å². The van der Waals surface area contributed by atoms with Crippen LogP contribution in [0.1, 0.15) is 31.2 Å².